The first kappa shape index (κ1) is 7.56. The van der Waals surface area contributed by atoms with Gasteiger partial charge in [0.05, 0.1) is 0 Å². The summed E-state index contributed by atoms with van der Waals surface area (Å²) in [5, 5.41) is 3.61. The van der Waals surface area contributed by atoms with E-state index < -0.39 is 0 Å². The van der Waals surface area contributed by atoms with E-state index in [2.05, 4.69) is 24.1 Å². The average Bonchev–Trinajstić information content (AvgIpc) is 2.29. The Hall–Kier alpha value is -0.0800. The molecule has 2 nitrogen and oxygen atoms in total. The van der Waals surface area contributed by atoms with E-state index in [1.165, 1.54) is 32.5 Å². The molecule has 1 N–H and O–H groups in total. The summed E-state index contributed by atoms with van der Waals surface area (Å²) in [6, 6.07) is 0.739. The van der Waals surface area contributed by atoms with E-state index in [9.17, 15) is 0 Å². The monoisotopic (exact) mass is 156 g/mol. The van der Waals surface area contributed by atoms with Gasteiger partial charge >= 0.3 is 0 Å². The molecule has 2 rings (SSSR count). The van der Waals surface area contributed by atoms with Gasteiger partial charge in [0, 0.05) is 26.1 Å². The van der Waals surface area contributed by atoms with Crippen molar-refractivity contribution in [3.05, 3.63) is 0 Å². The molecule has 2 aliphatic rings. The number of rotatable bonds is 1. The lowest BCUT2D eigenvalue weighted by Gasteiger charge is -2.50. The van der Waals surface area contributed by atoms with Crippen molar-refractivity contribution in [2.45, 2.75) is 38.3 Å². The molecule has 66 valence electrons. The van der Waals surface area contributed by atoms with Gasteiger partial charge in [0.25, 0.3) is 0 Å². The van der Waals surface area contributed by atoms with Crippen LogP contribution in [0.15, 0.2) is 0 Å². The molecule has 0 unspecified atom stereocenters. The van der Waals surface area contributed by atoms with Crippen LogP contribution >= 0.6 is 0 Å². The number of hydrogen-bond acceptors (Lipinski definition) is 2. The molecule has 1 spiro atoms. The first-order valence-corrected chi connectivity index (χ1v) is 4.71. The summed E-state index contributed by atoms with van der Waals surface area (Å²) < 4.78 is 0. The highest BCUT2D eigenvalue weighted by Crippen LogP contribution is 2.30. The van der Waals surface area contributed by atoms with Crippen molar-refractivity contribution >= 4 is 0 Å². The third kappa shape index (κ3) is 1.18. The quantitative estimate of drug-likeness (QED) is 0.611. The van der Waals surface area contributed by atoms with Gasteiger partial charge in [0.1, 0.15) is 0 Å². The molecule has 2 fully saturated rings. The van der Waals surface area contributed by atoms with E-state index in [0.717, 1.165) is 6.04 Å². The molecule has 0 aromatic carbocycles. The Morgan fingerprint density at radius 3 is 2.64 bits per heavy atom. The minimum Gasteiger partial charge on any atom is -0.309 e. The van der Waals surface area contributed by atoms with E-state index >= 15 is 0 Å². The summed E-state index contributed by atoms with van der Waals surface area (Å²) in [7, 11) is 0. The van der Waals surface area contributed by atoms with Crippen molar-refractivity contribution in [1.82, 2.24) is 10.2 Å². The SMILES string of the molecule is CC(C)N1CC2(CCCN2)C1.[HH]. The molecule has 0 bridgehead atoms. The van der Waals surface area contributed by atoms with E-state index in [0.29, 0.717) is 5.54 Å². The van der Waals surface area contributed by atoms with Crippen LogP contribution in [0.3, 0.4) is 0 Å². The van der Waals surface area contributed by atoms with Crippen molar-refractivity contribution in [2.75, 3.05) is 19.6 Å². The van der Waals surface area contributed by atoms with Crippen LogP contribution in [0.1, 0.15) is 28.1 Å². The van der Waals surface area contributed by atoms with Crippen LogP contribution in [0, 0.1) is 0 Å². The predicted octanol–water partition coefficient (Wildman–Crippen LogP) is 1.08. The van der Waals surface area contributed by atoms with Crippen molar-refractivity contribution < 1.29 is 1.43 Å². The van der Waals surface area contributed by atoms with Gasteiger partial charge in [-0.15, -0.1) is 0 Å². The Balaban J connectivity index is 0.000000720. The van der Waals surface area contributed by atoms with Gasteiger partial charge in [-0.05, 0) is 33.2 Å². The number of nitrogens with zero attached hydrogens (tertiary/aromatic N) is 1. The van der Waals surface area contributed by atoms with Gasteiger partial charge in [0.15, 0.2) is 0 Å². The lowest BCUT2D eigenvalue weighted by molar-refractivity contribution is 0.0290. The largest absolute Gasteiger partial charge is 0.309 e. The molecule has 0 aromatic heterocycles. The minimum atomic E-state index is 0. The molecule has 0 radical (unpaired) electrons. The summed E-state index contributed by atoms with van der Waals surface area (Å²) in [5.41, 5.74) is 0.546. The van der Waals surface area contributed by atoms with E-state index in [-0.39, 0.29) is 1.43 Å². The highest BCUT2D eigenvalue weighted by molar-refractivity contribution is 5.06. The third-order valence-electron chi connectivity index (χ3n) is 3.07. The third-order valence-corrected chi connectivity index (χ3v) is 3.07. The summed E-state index contributed by atoms with van der Waals surface area (Å²) in [5.74, 6) is 0. The molecular formula is C9H20N2. The Morgan fingerprint density at radius 1 is 1.45 bits per heavy atom. The molecule has 0 atom stereocenters. The summed E-state index contributed by atoms with van der Waals surface area (Å²) in [6.07, 6.45) is 2.78. The standard InChI is InChI=1S/C9H18N2.H2/c1-8(2)11-6-9(7-11)4-3-5-10-9;/h8,10H,3-7H2,1-2H3;1H. The van der Waals surface area contributed by atoms with Crippen molar-refractivity contribution in [3.63, 3.8) is 0 Å². The second-order valence-corrected chi connectivity index (χ2v) is 4.31. The van der Waals surface area contributed by atoms with Crippen molar-refractivity contribution in [3.8, 4) is 0 Å². The summed E-state index contributed by atoms with van der Waals surface area (Å²) in [4.78, 5) is 2.54. The molecule has 0 aromatic rings. The zero-order chi connectivity index (χ0) is 7.90. The maximum Gasteiger partial charge on any atom is 0.0438 e. The molecule has 2 saturated heterocycles. The molecule has 11 heavy (non-hydrogen) atoms. The molecule has 2 heteroatoms. The Labute approximate surface area is 70.4 Å². The Morgan fingerprint density at radius 2 is 2.18 bits per heavy atom. The number of likely N-dealkylation sites (tertiary alicyclic amines) is 1. The van der Waals surface area contributed by atoms with E-state index in [4.69, 9.17) is 0 Å². The van der Waals surface area contributed by atoms with Crippen molar-refractivity contribution in [2.24, 2.45) is 0 Å². The second-order valence-electron chi connectivity index (χ2n) is 4.31. The van der Waals surface area contributed by atoms with Gasteiger partial charge in [-0.1, -0.05) is 0 Å². The van der Waals surface area contributed by atoms with Gasteiger partial charge in [-0.3, -0.25) is 4.90 Å². The lowest BCUT2D eigenvalue weighted by Crippen LogP contribution is -2.68. The van der Waals surface area contributed by atoms with Crippen LogP contribution < -0.4 is 5.32 Å². The first-order chi connectivity index (χ1) is 5.22. The fourth-order valence-corrected chi connectivity index (χ4v) is 2.23. The summed E-state index contributed by atoms with van der Waals surface area (Å²) >= 11 is 0. The Kier molecular flexibility index (Phi) is 1.69. The van der Waals surface area contributed by atoms with E-state index in [1.807, 2.05) is 0 Å². The smallest absolute Gasteiger partial charge is 0.0438 e. The van der Waals surface area contributed by atoms with Gasteiger partial charge in [-0.2, -0.15) is 0 Å². The molecule has 2 aliphatic heterocycles. The molecule has 2 heterocycles. The lowest BCUT2D eigenvalue weighted by atomic mass is 9.87. The van der Waals surface area contributed by atoms with E-state index in [1.54, 1.807) is 0 Å². The first-order valence-electron chi connectivity index (χ1n) is 4.71. The predicted molar refractivity (Wildman–Crippen MR) is 48.8 cm³/mol. The topological polar surface area (TPSA) is 15.3 Å². The zero-order valence-electron chi connectivity index (χ0n) is 7.56. The van der Waals surface area contributed by atoms with Crippen LogP contribution in [0.2, 0.25) is 0 Å². The van der Waals surface area contributed by atoms with Crippen LogP contribution in [-0.2, 0) is 0 Å². The maximum atomic E-state index is 3.61. The van der Waals surface area contributed by atoms with Gasteiger partial charge in [-0.25, -0.2) is 0 Å². The minimum absolute atomic E-state index is 0. The number of nitrogens with one attached hydrogen (secondary N) is 1. The molecular weight excluding hydrogens is 136 g/mol. The normalized spacial score (nSPS) is 29.7. The molecule has 0 saturated carbocycles. The fourth-order valence-electron chi connectivity index (χ4n) is 2.23. The van der Waals surface area contributed by atoms with Crippen LogP contribution in [-0.4, -0.2) is 36.1 Å². The molecule has 0 aliphatic carbocycles. The highest BCUT2D eigenvalue weighted by Gasteiger charge is 2.44. The summed E-state index contributed by atoms with van der Waals surface area (Å²) in [6.45, 7) is 8.37. The van der Waals surface area contributed by atoms with Crippen LogP contribution in [0.4, 0.5) is 0 Å². The zero-order valence-corrected chi connectivity index (χ0v) is 7.56. The molecule has 0 amide bonds. The fraction of sp³-hybridized carbons (Fsp3) is 1.00. The van der Waals surface area contributed by atoms with Crippen LogP contribution in [0.5, 0.6) is 0 Å². The highest BCUT2D eigenvalue weighted by atomic mass is 15.3. The Bertz CT molecular complexity index is 145. The average molecular weight is 156 g/mol. The van der Waals surface area contributed by atoms with Crippen molar-refractivity contribution in [1.29, 1.82) is 0 Å². The number of hydrogen-bond donors (Lipinski definition) is 1. The second kappa shape index (κ2) is 2.46. The van der Waals surface area contributed by atoms with Gasteiger partial charge < -0.3 is 5.32 Å². The van der Waals surface area contributed by atoms with Crippen LogP contribution in [0.25, 0.3) is 0 Å². The van der Waals surface area contributed by atoms with Gasteiger partial charge in [0.2, 0.25) is 0 Å². The maximum absolute atomic E-state index is 3.61.